The fourth-order valence-electron chi connectivity index (χ4n) is 3.06. The van der Waals surface area contributed by atoms with Gasteiger partial charge in [-0.25, -0.2) is 0 Å². The Morgan fingerprint density at radius 1 is 0.952 bits per heavy atom. The second-order valence-electron chi connectivity index (χ2n) is 6.43. The van der Waals surface area contributed by atoms with Gasteiger partial charge < -0.3 is 28.4 Å². The second-order valence-corrected chi connectivity index (χ2v) is 6.43. The Bertz CT molecular complexity index is 440. The third-order valence-electron chi connectivity index (χ3n) is 3.72. The van der Waals surface area contributed by atoms with E-state index in [1.165, 1.54) is 0 Å². The Hall–Kier alpha value is -0.680. The van der Waals surface area contributed by atoms with Crippen molar-refractivity contribution in [3.63, 3.8) is 0 Å². The number of hydrogen-bond donors (Lipinski definition) is 0. The predicted molar refractivity (Wildman–Crippen MR) is 72.2 cm³/mol. The summed E-state index contributed by atoms with van der Waals surface area (Å²) in [6, 6.07) is 0. The molecule has 6 heteroatoms. The van der Waals surface area contributed by atoms with Gasteiger partial charge in [-0.3, -0.25) is 0 Å². The summed E-state index contributed by atoms with van der Waals surface area (Å²) in [5, 5.41) is 0. The molecule has 0 aromatic rings. The second kappa shape index (κ2) is 5.20. The molecule has 0 radical (unpaired) electrons. The summed E-state index contributed by atoms with van der Waals surface area (Å²) in [5.41, 5.74) is 0. The molecule has 3 aliphatic rings. The molecule has 3 unspecified atom stereocenters. The van der Waals surface area contributed by atoms with Crippen LogP contribution < -0.4 is 0 Å². The van der Waals surface area contributed by atoms with Gasteiger partial charge in [0.25, 0.3) is 0 Å². The van der Waals surface area contributed by atoms with Crippen LogP contribution in [0.3, 0.4) is 0 Å². The van der Waals surface area contributed by atoms with E-state index in [0.717, 1.165) is 0 Å². The monoisotopic (exact) mass is 298 g/mol. The van der Waals surface area contributed by atoms with E-state index in [4.69, 9.17) is 34.8 Å². The van der Waals surface area contributed by atoms with Crippen LogP contribution in [-0.2, 0) is 28.4 Å². The van der Waals surface area contributed by atoms with Gasteiger partial charge in [-0.2, -0.15) is 0 Å². The van der Waals surface area contributed by atoms with Gasteiger partial charge in [0.2, 0.25) is 0 Å². The average Bonchev–Trinajstić information content (AvgIpc) is 2.84. The minimum Gasteiger partial charge on any atom is -0.366 e. The molecule has 3 aliphatic heterocycles. The van der Waals surface area contributed by atoms with E-state index < -0.39 is 17.9 Å². The molecule has 0 amide bonds. The Labute approximate surface area is 125 Å². The number of fused-ring (bicyclic) bond motifs is 3. The first-order chi connectivity index (χ1) is 9.81. The quantitative estimate of drug-likeness (QED) is 0.573. The standard InChI is InChI=1S/C15H22O6/c1-6-7-16-8-9-10-11(19-14(2,3)18-10)12-13(17-9)21-15(4,5)20-12/h1,9-13H,7-8H2,2-5H3/t9?,10?,11?,12-,13-/m1/s1. The molecule has 0 aromatic heterocycles. The van der Waals surface area contributed by atoms with Crippen molar-refractivity contribution >= 4 is 0 Å². The van der Waals surface area contributed by atoms with Gasteiger partial charge in [-0.05, 0) is 27.7 Å². The minimum absolute atomic E-state index is 0.235. The highest BCUT2D eigenvalue weighted by atomic mass is 16.9. The fraction of sp³-hybridized carbons (Fsp3) is 0.867. The molecule has 6 nitrogen and oxygen atoms in total. The zero-order valence-corrected chi connectivity index (χ0v) is 12.8. The largest absolute Gasteiger partial charge is 0.366 e. The van der Waals surface area contributed by atoms with Gasteiger partial charge in [0.1, 0.15) is 31.0 Å². The minimum atomic E-state index is -0.704. The van der Waals surface area contributed by atoms with Gasteiger partial charge in [0, 0.05) is 0 Å². The fourth-order valence-corrected chi connectivity index (χ4v) is 3.06. The van der Waals surface area contributed by atoms with E-state index in [-0.39, 0.29) is 31.0 Å². The van der Waals surface area contributed by atoms with Gasteiger partial charge in [-0.1, -0.05) is 5.92 Å². The van der Waals surface area contributed by atoms with E-state index in [0.29, 0.717) is 6.61 Å². The Balaban J connectivity index is 1.77. The van der Waals surface area contributed by atoms with Crippen molar-refractivity contribution in [3.05, 3.63) is 0 Å². The first-order valence-electron chi connectivity index (χ1n) is 7.19. The van der Waals surface area contributed by atoms with Crippen molar-refractivity contribution in [1.29, 1.82) is 0 Å². The van der Waals surface area contributed by atoms with E-state index in [1.807, 2.05) is 27.7 Å². The number of rotatable bonds is 3. The third-order valence-corrected chi connectivity index (χ3v) is 3.72. The summed E-state index contributed by atoms with van der Waals surface area (Å²) in [5.74, 6) is 1.05. The summed E-state index contributed by atoms with van der Waals surface area (Å²) in [6.45, 7) is 8.03. The van der Waals surface area contributed by atoms with Gasteiger partial charge in [-0.15, -0.1) is 6.42 Å². The van der Waals surface area contributed by atoms with Gasteiger partial charge >= 0.3 is 0 Å². The lowest BCUT2D eigenvalue weighted by Crippen LogP contribution is -2.56. The van der Waals surface area contributed by atoms with Crippen molar-refractivity contribution < 1.29 is 28.4 Å². The van der Waals surface area contributed by atoms with Crippen LogP contribution in [0.25, 0.3) is 0 Å². The molecule has 0 bridgehead atoms. The first kappa shape index (κ1) is 15.2. The molecule has 3 fully saturated rings. The highest BCUT2D eigenvalue weighted by Crippen LogP contribution is 2.44. The lowest BCUT2D eigenvalue weighted by atomic mass is 9.99. The van der Waals surface area contributed by atoms with E-state index >= 15 is 0 Å². The molecule has 0 aromatic carbocycles. The van der Waals surface area contributed by atoms with Crippen LogP contribution in [0, 0.1) is 12.3 Å². The van der Waals surface area contributed by atoms with E-state index in [9.17, 15) is 0 Å². The zero-order valence-electron chi connectivity index (χ0n) is 12.8. The van der Waals surface area contributed by atoms with Crippen LogP contribution in [0.2, 0.25) is 0 Å². The number of hydrogen-bond acceptors (Lipinski definition) is 6. The molecule has 21 heavy (non-hydrogen) atoms. The topological polar surface area (TPSA) is 55.4 Å². The maximum absolute atomic E-state index is 5.99. The van der Waals surface area contributed by atoms with Crippen molar-refractivity contribution in [1.82, 2.24) is 0 Å². The van der Waals surface area contributed by atoms with Crippen LogP contribution in [-0.4, -0.2) is 55.5 Å². The Kier molecular flexibility index (Phi) is 3.77. The van der Waals surface area contributed by atoms with Crippen LogP contribution in [0.4, 0.5) is 0 Å². The number of ether oxygens (including phenoxy) is 6. The predicted octanol–water partition coefficient (Wildman–Crippen LogP) is 1.03. The number of terminal acetylenes is 1. The molecule has 3 saturated heterocycles. The van der Waals surface area contributed by atoms with Crippen LogP contribution in [0.1, 0.15) is 27.7 Å². The Morgan fingerprint density at radius 2 is 1.57 bits per heavy atom. The van der Waals surface area contributed by atoms with Crippen molar-refractivity contribution in [3.8, 4) is 12.3 Å². The zero-order chi connectivity index (χ0) is 15.3. The Morgan fingerprint density at radius 3 is 2.29 bits per heavy atom. The summed E-state index contributed by atoms with van der Waals surface area (Å²) >= 11 is 0. The van der Waals surface area contributed by atoms with Crippen molar-refractivity contribution in [2.45, 2.75) is 70.0 Å². The first-order valence-corrected chi connectivity index (χ1v) is 7.19. The van der Waals surface area contributed by atoms with Crippen LogP contribution in [0.15, 0.2) is 0 Å². The average molecular weight is 298 g/mol. The highest BCUT2D eigenvalue weighted by Gasteiger charge is 2.60. The van der Waals surface area contributed by atoms with Gasteiger partial charge in [0.05, 0.1) is 6.61 Å². The molecule has 3 heterocycles. The summed E-state index contributed by atoms with van der Waals surface area (Å²) in [6.07, 6.45) is 3.58. The molecular formula is C15H22O6. The molecule has 5 atom stereocenters. The highest BCUT2D eigenvalue weighted by molar-refractivity contribution is 5.00. The lowest BCUT2D eigenvalue weighted by molar-refractivity contribution is -0.242. The van der Waals surface area contributed by atoms with Crippen LogP contribution >= 0.6 is 0 Å². The molecule has 3 rings (SSSR count). The summed E-state index contributed by atoms with van der Waals surface area (Å²) < 4.78 is 35.0. The molecule has 0 N–H and O–H groups in total. The smallest absolute Gasteiger partial charge is 0.190 e. The molecule has 0 spiro atoms. The molecular weight excluding hydrogens is 276 g/mol. The van der Waals surface area contributed by atoms with Crippen molar-refractivity contribution in [2.75, 3.05) is 13.2 Å². The summed E-state index contributed by atoms with van der Waals surface area (Å²) in [7, 11) is 0. The molecule has 0 saturated carbocycles. The van der Waals surface area contributed by atoms with Crippen LogP contribution in [0.5, 0.6) is 0 Å². The van der Waals surface area contributed by atoms with E-state index in [1.54, 1.807) is 0 Å². The van der Waals surface area contributed by atoms with Gasteiger partial charge in [0.15, 0.2) is 17.9 Å². The maximum Gasteiger partial charge on any atom is 0.190 e. The molecule has 118 valence electrons. The normalized spacial score (nSPS) is 43.1. The SMILES string of the molecule is C#CCOCC1O[C@@H]2OC(C)(C)O[C@@H]2C2OC(C)(C)OC12. The lowest BCUT2D eigenvalue weighted by Gasteiger charge is -2.37. The maximum atomic E-state index is 5.99. The van der Waals surface area contributed by atoms with E-state index in [2.05, 4.69) is 5.92 Å². The summed E-state index contributed by atoms with van der Waals surface area (Å²) in [4.78, 5) is 0. The third kappa shape index (κ3) is 2.95. The van der Waals surface area contributed by atoms with Crippen molar-refractivity contribution in [2.24, 2.45) is 0 Å². The molecule has 0 aliphatic carbocycles.